The predicted molar refractivity (Wildman–Crippen MR) is 92.8 cm³/mol. The van der Waals surface area contributed by atoms with Crippen LogP contribution in [0, 0.1) is 18.7 Å². The second kappa shape index (κ2) is 8.65. The zero-order valence-corrected chi connectivity index (χ0v) is 14.1. The van der Waals surface area contributed by atoms with Crippen molar-refractivity contribution in [1.82, 2.24) is 5.32 Å². The summed E-state index contributed by atoms with van der Waals surface area (Å²) in [6.07, 6.45) is 0. The Morgan fingerprint density at radius 2 is 1.87 bits per heavy atom. The summed E-state index contributed by atoms with van der Waals surface area (Å²) in [4.78, 5) is 12.2. The first kappa shape index (κ1) is 19.1. The van der Waals surface area contributed by atoms with Crippen molar-refractivity contribution in [3.63, 3.8) is 0 Å². The van der Waals surface area contributed by atoms with Gasteiger partial charge in [-0.15, -0.1) is 12.4 Å². The fourth-order valence-electron chi connectivity index (χ4n) is 2.22. The van der Waals surface area contributed by atoms with Crippen LogP contribution in [-0.4, -0.2) is 5.91 Å². The van der Waals surface area contributed by atoms with Gasteiger partial charge in [0, 0.05) is 12.6 Å². The molecule has 2 unspecified atom stereocenters. The number of nitrogens with one attached hydrogen (secondary N) is 1. The summed E-state index contributed by atoms with van der Waals surface area (Å²) in [5, 5.41) is 2.81. The average molecular weight is 337 g/mol. The molecule has 0 saturated carbocycles. The highest BCUT2D eigenvalue weighted by atomic mass is 35.5. The minimum atomic E-state index is -0.365. The Kier molecular flexibility index (Phi) is 7.20. The van der Waals surface area contributed by atoms with Crippen LogP contribution < -0.4 is 11.1 Å². The van der Waals surface area contributed by atoms with Crippen molar-refractivity contribution in [2.24, 2.45) is 11.7 Å². The lowest BCUT2D eigenvalue weighted by Gasteiger charge is -2.20. The highest BCUT2D eigenvalue weighted by molar-refractivity contribution is 5.85. The second-order valence-corrected chi connectivity index (χ2v) is 5.53. The van der Waals surface area contributed by atoms with E-state index in [4.69, 9.17) is 5.73 Å². The number of halogens is 2. The van der Waals surface area contributed by atoms with Gasteiger partial charge in [-0.1, -0.05) is 49.4 Å². The molecule has 0 fully saturated rings. The number of carbonyl (C=O) groups is 1. The number of hydrogen-bond donors (Lipinski definition) is 2. The molecule has 2 aromatic rings. The fourth-order valence-corrected chi connectivity index (χ4v) is 2.22. The van der Waals surface area contributed by atoms with Gasteiger partial charge in [0.05, 0.1) is 5.92 Å². The summed E-state index contributed by atoms with van der Waals surface area (Å²) in [6.45, 7) is 3.79. The maximum absolute atomic E-state index is 13.5. The predicted octanol–water partition coefficient (Wildman–Crippen LogP) is 3.51. The summed E-state index contributed by atoms with van der Waals surface area (Å²) < 4.78 is 13.5. The van der Waals surface area contributed by atoms with Crippen molar-refractivity contribution < 1.29 is 9.18 Å². The van der Waals surface area contributed by atoms with Gasteiger partial charge in [0.25, 0.3) is 0 Å². The van der Waals surface area contributed by atoms with Crippen LogP contribution in [0.3, 0.4) is 0 Å². The summed E-state index contributed by atoms with van der Waals surface area (Å²) in [5.74, 6) is -0.768. The van der Waals surface area contributed by atoms with E-state index < -0.39 is 0 Å². The molecule has 1 amide bonds. The lowest BCUT2D eigenvalue weighted by Crippen LogP contribution is -2.35. The summed E-state index contributed by atoms with van der Waals surface area (Å²) in [6, 6.07) is 14.1. The number of carbonyl (C=O) groups excluding carboxylic acids is 1. The van der Waals surface area contributed by atoms with E-state index in [1.165, 1.54) is 6.07 Å². The zero-order valence-electron chi connectivity index (χ0n) is 13.3. The number of aryl methyl sites for hydroxylation is 1. The Hall–Kier alpha value is -1.91. The van der Waals surface area contributed by atoms with Crippen molar-refractivity contribution in [1.29, 1.82) is 0 Å². The average Bonchev–Trinajstić information content (AvgIpc) is 2.55. The minimum absolute atomic E-state index is 0. The van der Waals surface area contributed by atoms with Crippen LogP contribution in [0.5, 0.6) is 0 Å². The maximum atomic E-state index is 13.5. The highest BCUT2D eigenvalue weighted by Crippen LogP contribution is 2.19. The molecule has 0 radical (unpaired) electrons. The van der Waals surface area contributed by atoms with Gasteiger partial charge in [0.15, 0.2) is 0 Å². The van der Waals surface area contributed by atoms with E-state index in [-0.39, 0.29) is 36.1 Å². The molecule has 3 N–H and O–H groups in total. The molecular weight excluding hydrogens is 315 g/mol. The van der Waals surface area contributed by atoms with Gasteiger partial charge in [-0.2, -0.15) is 0 Å². The molecule has 0 aromatic heterocycles. The fraction of sp³-hybridized carbons (Fsp3) is 0.278. The lowest BCUT2D eigenvalue weighted by molar-refractivity contribution is -0.125. The van der Waals surface area contributed by atoms with Gasteiger partial charge >= 0.3 is 0 Å². The summed E-state index contributed by atoms with van der Waals surface area (Å²) in [7, 11) is 0. The third-order valence-corrected chi connectivity index (χ3v) is 3.84. The first-order valence-electron chi connectivity index (χ1n) is 7.32. The molecule has 0 saturated heterocycles. The Morgan fingerprint density at radius 3 is 2.48 bits per heavy atom. The molecule has 3 nitrogen and oxygen atoms in total. The summed E-state index contributed by atoms with van der Waals surface area (Å²) in [5.41, 5.74) is 8.38. The van der Waals surface area contributed by atoms with Crippen LogP contribution in [-0.2, 0) is 11.3 Å². The minimum Gasteiger partial charge on any atom is -0.352 e. The normalized spacial score (nSPS) is 12.9. The largest absolute Gasteiger partial charge is 0.352 e. The number of rotatable bonds is 5. The Labute approximate surface area is 142 Å². The van der Waals surface area contributed by atoms with E-state index in [1.54, 1.807) is 26.0 Å². The van der Waals surface area contributed by atoms with Crippen molar-refractivity contribution in [3.8, 4) is 0 Å². The SMILES string of the molecule is Cc1ccc(CNC(=O)C(C)C(N)c2ccccc2)cc1F.Cl. The smallest absolute Gasteiger partial charge is 0.225 e. The molecule has 23 heavy (non-hydrogen) atoms. The van der Waals surface area contributed by atoms with E-state index >= 15 is 0 Å². The first-order chi connectivity index (χ1) is 10.5. The van der Waals surface area contributed by atoms with Crippen LogP contribution in [0.4, 0.5) is 4.39 Å². The van der Waals surface area contributed by atoms with Crippen molar-refractivity contribution in [2.45, 2.75) is 26.4 Å². The molecule has 0 aliphatic carbocycles. The molecule has 2 atom stereocenters. The summed E-state index contributed by atoms with van der Waals surface area (Å²) >= 11 is 0. The van der Waals surface area contributed by atoms with E-state index in [0.717, 1.165) is 11.1 Å². The van der Waals surface area contributed by atoms with Crippen LogP contribution >= 0.6 is 12.4 Å². The lowest BCUT2D eigenvalue weighted by atomic mass is 9.94. The molecule has 0 heterocycles. The molecule has 5 heteroatoms. The van der Waals surface area contributed by atoms with E-state index in [2.05, 4.69) is 5.32 Å². The van der Waals surface area contributed by atoms with Gasteiger partial charge in [0.1, 0.15) is 5.82 Å². The zero-order chi connectivity index (χ0) is 16.1. The Bertz CT molecular complexity index is 649. The number of nitrogens with two attached hydrogens (primary N) is 1. The monoisotopic (exact) mass is 336 g/mol. The van der Waals surface area contributed by atoms with Crippen LogP contribution in [0.1, 0.15) is 29.7 Å². The van der Waals surface area contributed by atoms with Gasteiger partial charge < -0.3 is 11.1 Å². The molecule has 2 rings (SSSR count). The van der Waals surface area contributed by atoms with Gasteiger partial charge in [0.2, 0.25) is 5.91 Å². The van der Waals surface area contributed by atoms with Crippen molar-refractivity contribution in [3.05, 3.63) is 71.0 Å². The number of amides is 1. The van der Waals surface area contributed by atoms with Crippen LogP contribution in [0.25, 0.3) is 0 Å². The topological polar surface area (TPSA) is 55.1 Å². The third kappa shape index (κ3) is 5.05. The first-order valence-corrected chi connectivity index (χ1v) is 7.32. The molecule has 0 bridgehead atoms. The number of benzene rings is 2. The van der Waals surface area contributed by atoms with Crippen molar-refractivity contribution in [2.75, 3.05) is 0 Å². The van der Waals surface area contributed by atoms with Crippen molar-refractivity contribution >= 4 is 18.3 Å². The standard InChI is InChI=1S/C18H21FN2O.ClH/c1-12-8-9-14(10-16(12)19)11-21-18(22)13(2)17(20)15-6-4-3-5-7-15;/h3-10,13,17H,11,20H2,1-2H3,(H,21,22);1H. The molecule has 0 aliphatic heterocycles. The molecule has 0 aliphatic rings. The third-order valence-electron chi connectivity index (χ3n) is 3.84. The quantitative estimate of drug-likeness (QED) is 0.878. The second-order valence-electron chi connectivity index (χ2n) is 5.53. The van der Waals surface area contributed by atoms with Crippen LogP contribution in [0.15, 0.2) is 48.5 Å². The Balaban J connectivity index is 0.00000264. The molecule has 124 valence electrons. The van der Waals surface area contributed by atoms with Crippen LogP contribution in [0.2, 0.25) is 0 Å². The maximum Gasteiger partial charge on any atom is 0.225 e. The van der Waals surface area contributed by atoms with E-state index in [1.807, 2.05) is 30.3 Å². The number of hydrogen-bond acceptors (Lipinski definition) is 2. The van der Waals surface area contributed by atoms with E-state index in [9.17, 15) is 9.18 Å². The van der Waals surface area contributed by atoms with E-state index in [0.29, 0.717) is 12.1 Å². The molecule has 2 aromatic carbocycles. The van der Waals surface area contributed by atoms with Gasteiger partial charge in [-0.05, 0) is 29.7 Å². The van der Waals surface area contributed by atoms with Gasteiger partial charge in [-0.3, -0.25) is 4.79 Å². The Morgan fingerprint density at radius 1 is 1.22 bits per heavy atom. The molecule has 0 spiro atoms. The van der Waals surface area contributed by atoms with Gasteiger partial charge in [-0.25, -0.2) is 4.39 Å². The highest BCUT2D eigenvalue weighted by Gasteiger charge is 2.21. The molecular formula is C18H22ClFN2O.